The molecule has 0 saturated carbocycles. The summed E-state index contributed by atoms with van der Waals surface area (Å²) < 4.78 is 0. The van der Waals surface area contributed by atoms with E-state index in [4.69, 9.17) is 5.73 Å². The summed E-state index contributed by atoms with van der Waals surface area (Å²) in [7, 11) is 0. The van der Waals surface area contributed by atoms with Gasteiger partial charge in [-0.25, -0.2) is 9.97 Å². The highest BCUT2D eigenvalue weighted by atomic mass is 15.0. The largest absolute Gasteiger partial charge is 0.382 e. The van der Waals surface area contributed by atoms with Gasteiger partial charge in [0.2, 0.25) is 0 Å². The van der Waals surface area contributed by atoms with Crippen LogP contribution < -0.4 is 11.1 Å². The average Bonchev–Trinajstić information content (AvgIpc) is 2.42. The summed E-state index contributed by atoms with van der Waals surface area (Å²) >= 11 is 0. The van der Waals surface area contributed by atoms with Crippen molar-refractivity contribution in [3.8, 4) is 0 Å². The predicted octanol–water partition coefficient (Wildman–Crippen LogP) is 2.66. The maximum absolute atomic E-state index is 5.48. The van der Waals surface area contributed by atoms with Crippen molar-refractivity contribution in [3.63, 3.8) is 0 Å². The monoisotopic (exact) mass is 242 g/mol. The molecule has 0 bridgehead atoms. The van der Waals surface area contributed by atoms with Gasteiger partial charge in [0.05, 0.1) is 12.4 Å². The summed E-state index contributed by atoms with van der Waals surface area (Å²) in [5, 5.41) is 3.24. The van der Waals surface area contributed by atoms with Gasteiger partial charge < -0.3 is 11.1 Å². The van der Waals surface area contributed by atoms with Crippen LogP contribution in [0.1, 0.15) is 24.8 Å². The highest BCUT2D eigenvalue weighted by molar-refractivity contribution is 5.35. The van der Waals surface area contributed by atoms with E-state index in [1.165, 1.54) is 5.56 Å². The van der Waals surface area contributed by atoms with Crippen molar-refractivity contribution in [2.45, 2.75) is 19.3 Å². The number of nitrogens with two attached hydrogens (primary N) is 1. The second-order valence-electron chi connectivity index (χ2n) is 4.35. The van der Waals surface area contributed by atoms with Crippen LogP contribution in [0.5, 0.6) is 0 Å². The number of nitrogens with zero attached hydrogens (tertiary/aromatic N) is 2. The van der Waals surface area contributed by atoms with E-state index in [0.717, 1.165) is 18.8 Å². The Kier molecular flexibility index (Phi) is 4.12. The van der Waals surface area contributed by atoms with Crippen LogP contribution in [0.25, 0.3) is 0 Å². The molecule has 0 spiro atoms. The molecule has 0 aliphatic rings. The van der Waals surface area contributed by atoms with Crippen molar-refractivity contribution < 1.29 is 0 Å². The van der Waals surface area contributed by atoms with Gasteiger partial charge in [0.15, 0.2) is 0 Å². The quantitative estimate of drug-likeness (QED) is 0.846. The van der Waals surface area contributed by atoms with Crippen molar-refractivity contribution in [2.24, 2.45) is 0 Å². The Hall–Kier alpha value is -2.10. The van der Waals surface area contributed by atoms with E-state index in [9.17, 15) is 0 Å². The van der Waals surface area contributed by atoms with E-state index in [-0.39, 0.29) is 0 Å². The minimum Gasteiger partial charge on any atom is -0.382 e. The Morgan fingerprint density at radius 2 is 1.94 bits per heavy atom. The lowest BCUT2D eigenvalue weighted by Gasteiger charge is -2.12. The summed E-state index contributed by atoms with van der Waals surface area (Å²) in [6, 6.07) is 10.5. The zero-order valence-electron chi connectivity index (χ0n) is 10.5. The SMILES string of the molecule is CC(CCNc1cnc(N)cn1)c1ccccc1. The minimum atomic E-state index is 0.443. The van der Waals surface area contributed by atoms with Crippen LogP contribution in [0.3, 0.4) is 0 Å². The molecule has 94 valence electrons. The summed E-state index contributed by atoms with van der Waals surface area (Å²) in [6.07, 6.45) is 4.27. The van der Waals surface area contributed by atoms with Gasteiger partial charge in [0.1, 0.15) is 11.6 Å². The number of hydrogen-bond acceptors (Lipinski definition) is 4. The van der Waals surface area contributed by atoms with Gasteiger partial charge in [0, 0.05) is 6.54 Å². The van der Waals surface area contributed by atoms with E-state index in [2.05, 4.69) is 46.5 Å². The zero-order valence-corrected chi connectivity index (χ0v) is 10.5. The molecule has 0 amide bonds. The first-order valence-corrected chi connectivity index (χ1v) is 6.12. The second kappa shape index (κ2) is 6.00. The summed E-state index contributed by atoms with van der Waals surface area (Å²) in [5.74, 6) is 1.74. The van der Waals surface area contributed by atoms with E-state index in [0.29, 0.717) is 11.7 Å². The number of nitrogen functional groups attached to an aromatic ring is 1. The molecule has 4 nitrogen and oxygen atoms in total. The second-order valence-corrected chi connectivity index (χ2v) is 4.35. The standard InChI is InChI=1S/C14H18N4/c1-11(12-5-3-2-4-6-12)7-8-16-14-10-17-13(15)9-18-14/h2-6,9-11H,7-8H2,1H3,(H2,15,17)(H,16,18). The molecular weight excluding hydrogens is 224 g/mol. The smallest absolute Gasteiger partial charge is 0.144 e. The molecule has 18 heavy (non-hydrogen) atoms. The molecule has 3 N–H and O–H groups in total. The third kappa shape index (κ3) is 3.45. The lowest BCUT2D eigenvalue weighted by molar-refractivity contribution is 0.704. The molecule has 0 radical (unpaired) electrons. The molecule has 1 heterocycles. The third-order valence-electron chi connectivity index (χ3n) is 2.92. The number of rotatable bonds is 5. The van der Waals surface area contributed by atoms with Gasteiger partial charge in [-0.3, -0.25) is 0 Å². The van der Waals surface area contributed by atoms with Crippen LogP contribution in [0.2, 0.25) is 0 Å². The van der Waals surface area contributed by atoms with E-state index in [1.54, 1.807) is 12.4 Å². The number of nitrogens with one attached hydrogen (secondary N) is 1. The lowest BCUT2D eigenvalue weighted by atomic mass is 9.98. The lowest BCUT2D eigenvalue weighted by Crippen LogP contribution is -2.07. The van der Waals surface area contributed by atoms with Crippen molar-refractivity contribution in [3.05, 3.63) is 48.3 Å². The van der Waals surface area contributed by atoms with Crippen LogP contribution >= 0.6 is 0 Å². The molecule has 4 heteroatoms. The van der Waals surface area contributed by atoms with Crippen molar-refractivity contribution in [1.82, 2.24) is 9.97 Å². The van der Waals surface area contributed by atoms with Gasteiger partial charge in [-0.15, -0.1) is 0 Å². The topological polar surface area (TPSA) is 63.8 Å². The molecule has 0 saturated heterocycles. The van der Waals surface area contributed by atoms with Crippen molar-refractivity contribution in [1.29, 1.82) is 0 Å². The minimum absolute atomic E-state index is 0.443. The predicted molar refractivity (Wildman–Crippen MR) is 74.4 cm³/mol. The fourth-order valence-corrected chi connectivity index (χ4v) is 1.79. The van der Waals surface area contributed by atoms with Crippen LogP contribution in [0.15, 0.2) is 42.7 Å². The summed E-state index contributed by atoms with van der Waals surface area (Å²) in [5.41, 5.74) is 6.84. The average molecular weight is 242 g/mol. The molecule has 2 rings (SSSR count). The van der Waals surface area contributed by atoms with Crippen molar-refractivity contribution in [2.75, 3.05) is 17.6 Å². The molecule has 2 aromatic rings. The molecule has 0 fully saturated rings. The maximum atomic E-state index is 5.48. The first kappa shape index (κ1) is 12.4. The summed E-state index contributed by atoms with van der Waals surface area (Å²) in [4.78, 5) is 8.14. The highest BCUT2D eigenvalue weighted by Gasteiger charge is 2.04. The molecule has 1 aromatic carbocycles. The van der Waals surface area contributed by atoms with Gasteiger partial charge in [-0.1, -0.05) is 37.3 Å². The van der Waals surface area contributed by atoms with E-state index >= 15 is 0 Å². The number of aromatic nitrogens is 2. The Balaban J connectivity index is 1.80. The molecule has 1 atom stereocenters. The number of hydrogen-bond donors (Lipinski definition) is 2. The Labute approximate surface area is 107 Å². The highest BCUT2D eigenvalue weighted by Crippen LogP contribution is 2.18. The van der Waals surface area contributed by atoms with Crippen LogP contribution in [0.4, 0.5) is 11.6 Å². The Morgan fingerprint density at radius 3 is 2.61 bits per heavy atom. The molecule has 1 unspecified atom stereocenters. The summed E-state index contributed by atoms with van der Waals surface area (Å²) in [6.45, 7) is 3.10. The van der Waals surface area contributed by atoms with Gasteiger partial charge >= 0.3 is 0 Å². The Morgan fingerprint density at radius 1 is 1.17 bits per heavy atom. The van der Waals surface area contributed by atoms with Crippen molar-refractivity contribution >= 4 is 11.6 Å². The first-order valence-electron chi connectivity index (χ1n) is 6.12. The number of benzene rings is 1. The van der Waals surface area contributed by atoms with Crippen LogP contribution in [-0.4, -0.2) is 16.5 Å². The fraction of sp³-hybridized carbons (Fsp3) is 0.286. The molecule has 0 aliphatic heterocycles. The van der Waals surface area contributed by atoms with Crippen LogP contribution in [0, 0.1) is 0 Å². The normalized spacial score (nSPS) is 12.1. The zero-order chi connectivity index (χ0) is 12.8. The van der Waals surface area contributed by atoms with Gasteiger partial charge in [-0.05, 0) is 17.9 Å². The maximum Gasteiger partial charge on any atom is 0.144 e. The van der Waals surface area contributed by atoms with Crippen LogP contribution in [-0.2, 0) is 0 Å². The molecule has 1 aromatic heterocycles. The molecular formula is C14H18N4. The Bertz CT molecular complexity index is 467. The van der Waals surface area contributed by atoms with E-state index in [1.807, 2.05) is 6.07 Å². The third-order valence-corrected chi connectivity index (χ3v) is 2.92. The van der Waals surface area contributed by atoms with Gasteiger partial charge in [0.25, 0.3) is 0 Å². The first-order chi connectivity index (χ1) is 8.75. The van der Waals surface area contributed by atoms with Gasteiger partial charge in [-0.2, -0.15) is 0 Å². The molecule has 0 aliphatic carbocycles. The number of anilines is 2. The fourth-order valence-electron chi connectivity index (χ4n) is 1.79. The van der Waals surface area contributed by atoms with E-state index < -0.39 is 0 Å².